The fourth-order valence-electron chi connectivity index (χ4n) is 7.45. The molecule has 61 heavy (non-hydrogen) atoms. The topological polar surface area (TPSA) is 124 Å². The van der Waals surface area contributed by atoms with Gasteiger partial charge in [-0.05, 0) is 117 Å². The molecule has 11 nitrogen and oxygen atoms in total. The van der Waals surface area contributed by atoms with Crippen molar-refractivity contribution in [3.8, 4) is 5.75 Å². The van der Waals surface area contributed by atoms with Crippen LogP contribution in [-0.4, -0.2) is 94.1 Å². The zero-order valence-corrected chi connectivity index (χ0v) is 36.7. The summed E-state index contributed by atoms with van der Waals surface area (Å²) in [6.07, 6.45) is 0.989. The predicted molar refractivity (Wildman–Crippen MR) is 253 cm³/mol. The summed E-state index contributed by atoms with van der Waals surface area (Å²) in [6.45, 7) is 12.2. The molecule has 5 aromatic carbocycles. The van der Waals surface area contributed by atoms with Gasteiger partial charge in [0, 0.05) is 96.1 Å². The van der Waals surface area contributed by atoms with Crippen LogP contribution >= 0.6 is 23.7 Å². The van der Waals surface area contributed by atoms with Crippen LogP contribution in [0.25, 0.3) is 0 Å². The monoisotopic (exact) mass is 859 g/mol. The summed E-state index contributed by atoms with van der Waals surface area (Å²) in [7, 11) is 0. The summed E-state index contributed by atoms with van der Waals surface area (Å²) in [6, 6.07) is 40.1. The Morgan fingerprint density at radius 3 is 2.16 bits per heavy atom. The fourth-order valence-corrected chi connectivity index (χ4v) is 9.10. The van der Waals surface area contributed by atoms with Crippen molar-refractivity contribution in [2.45, 2.75) is 42.0 Å². The lowest BCUT2D eigenvalue weighted by atomic mass is 9.98. The van der Waals surface area contributed by atoms with E-state index >= 15 is 0 Å². The van der Waals surface area contributed by atoms with Gasteiger partial charge in [0.15, 0.2) is 0 Å². The van der Waals surface area contributed by atoms with Gasteiger partial charge in [-0.15, -0.1) is 11.8 Å². The standard InChI is InChI=1S/C48H57N7O4S2/c1-3-59-42-31-37(35(2)47(56)51-38-10-6-4-7-11-38)30-41(32-42)55-24-22-54(23-25-55)40-16-14-36(15-17-40)48(57)52-61-44-18-19-46(45(49)33-44)50-39(20-21-53-26-28-58-29-27-53)34-60-43-12-8-5-9-13-43/h4-19,30-33,35,39,50H,3,20-29,34,49H2,1-2H3,(H,51,56)(H,52,57)/t35?,39-/m1/s1. The van der Waals surface area contributed by atoms with Crippen molar-refractivity contribution < 1.29 is 19.1 Å². The molecule has 2 atom stereocenters. The molecule has 2 fully saturated rings. The van der Waals surface area contributed by atoms with Gasteiger partial charge in [0.05, 0.1) is 37.1 Å². The highest BCUT2D eigenvalue weighted by Gasteiger charge is 2.23. The van der Waals surface area contributed by atoms with Crippen LogP contribution in [-0.2, 0) is 9.53 Å². The average molecular weight is 860 g/mol. The number of piperazine rings is 1. The van der Waals surface area contributed by atoms with Gasteiger partial charge in [-0.3, -0.25) is 19.2 Å². The van der Waals surface area contributed by atoms with E-state index in [-0.39, 0.29) is 23.8 Å². The number of benzene rings is 5. The Balaban J connectivity index is 0.901. The number of nitrogen functional groups attached to an aromatic ring is 1. The second-order valence-electron chi connectivity index (χ2n) is 15.3. The molecule has 2 amide bonds. The normalized spacial score (nSPS) is 15.4. The molecule has 0 aliphatic carbocycles. The number of hydrogen-bond donors (Lipinski definition) is 4. The van der Waals surface area contributed by atoms with Gasteiger partial charge >= 0.3 is 0 Å². The van der Waals surface area contributed by atoms with Crippen LogP contribution in [0.2, 0.25) is 0 Å². The summed E-state index contributed by atoms with van der Waals surface area (Å²) < 4.78 is 14.5. The van der Waals surface area contributed by atoms with Gasteiger partial charge in [0.1, 0.15) is 5.75 Å². The Bertz CT molecular complexity index is 2170. The smallest absolute Gasteiger partial charge is 0.261 e. The van der Waals surface area contributed by atoms with Crippen LogP contribution < -0.4 is 35.6 Å². The van der Waals surface area contributed by atoms with E-state index < -0.39 is 0 Å². The van der Waals surface area contributed by atoms with Crippen LogP contribution in [0.3, 0.4) is 0 Å². The van der Waals surface area contributed by atoms with E-state index in [4.69, 9.17) is 15.2 Å². The highest BCUT2D eigenvalue weighted by Crippen LogP contribution is 2.32. The number of para-hydroxylation sites is 1. The van der Waals surface area contributed by atoms with Crippen LogP contribution in [0.4, 0.5) is 28.4 Å². The molecule has 0 saturated carbocycles. The highest BCUT2D eigenvalue weighted by molar-refractivity contribution is 7.99. The lowest BCUT2D eigenvalue weighted by Crippen LogP contribution is -2.46. The molecule has 0 bridgehead atoms. The second kappa shape index (κ2) is 22.0. The van der Waals surface area contributed by atoms with E-state index in [1.807, 2.05) is 111 Å². The van der Waals surface area contributed by atoms with E-state index in [0.29, 0.717) is 17.9 Å². The van der Waals surface area contributed by atoms with Crippen LogP contribution in [0.15, 0.2) is 131 Å². The van der Waals surface area contributed by atoms with Gasteiger partial charge in [0.2, 0.25) is 5.91 Å². The Morgan fingerprint density at radius 2 is 1.48 bits per heavy atom. The molecule has 5 aromatic rings. The van der Waals surface area contributed by atoms with Crippen molar-refractivity contribution in [2.75, 3.05) is 97.6 Å². The largest absolute Gasteiger partial charge is 0.494 e. The van der Waals surface area contributed by atoms with E-state index in [9.17, 15) is 9.59 Å². The van der Waals surface area contributed by atoms with Crippen LogP contribution in [0.5, 0.6) is 5.75 Å². The third-order valence-corrected chi connectivity index (χ3v) is 13.0. The molecule has 7 rings (SSSR count). The summed E-state index contributed by atoms with van der Waals surface area (Å²) in [5.41, 5.74) is 12.5. The predicted octanol–water partition coefficient (Wildman–Crippen LogP) is 8.47. The molecule has 1 unspecified atom stereocenters. The number of amides is 2. The average Bonchev–Trinajstić information content (AvgIpc) is 3.30. The van der Waals surface area contributed by atoms with Gasteiger partial charge < -0.3 is 35.6 Å². The number of anilines is 5. The number of ether oxygens (including phenoxy) is 2. The van der Waals surface area contributed by atoms with Gasteiger partial charge in [-0.1, -0.05) is 36.4 Å². The third-order valence-electron chi connectivity index (χ3n) is 11.0. The summed E-state index contributed by atoms with van der Waals surface area (Å²) >= 11 is 3.11. The van der Waals surface area contributed by atoms with Crippen molar-refractivity contribution in [3.05, 3.63) is 132 Å². The molecule has 2 aliphatic heterocycles. The number of morpholine rings is 1. The molecule has 2 aliphatic rings. The molecule has 0 spiro atoms. The zero-order chi connectivity index (χ0) is 42.4. The maximum atomic E-state index is 13.2. The third kappa shape index (κ3) is 12.6. The number of thioether (sulfide) groups is 1. The Labute approximate surface area is 368 Å². The summed E-state index contributed by atoms with van der Waals surface area (Å²) in [5.74, 6) is 1.08. The molecule has 13 heteroatoms. The minimum atomic E-state index is -0.361. The van der Waals surface area contributed by atoms with Crippen LogP contribution in [0.1, 0.15) is 42.1 Å². The van der Waals surface area contributed by atoms with Crippen molar-refractivity contribution in [3.63, 3.8) is 0 Å². The zero-order valence-electron chi connectivity index (χ0n) is 35.1. The number of carbonyl (C=O) groups is 2. The second-order valence-corrected chi connectivity index (χ2v) is 17.3. The van der Waals surface area contributed by atoms with Gasteiger partial charge in [0.25, 0.3) is 5.91 Å². The van der Waals surface area contributed by atoms with Crippen molar-refractivity contribution in [1.82, 2.24) is 9.62 Å². The first-order valence-electron chi connectivity index (χ1n) is 21.2. The summed E-state index contributed by atoms with van der Waals surface area (Å²) in [5, 5.41) is 6.75. The van der Waals surface area contributed by atoms with E-state index in [0.717, 1.165) is 110 Å². The summed E-state index contributed by atoms with van der Waals surface area (Å²) in [4.78, 5) is 35.7. The Morgan fingerprint density at radius 1 is 0.787 bits per heavy atom. The minimum absolute atomic E-state index is 0.0631. The number of nitrogens with two attached hydrogens (primary N) is 1. The quantitative estimate of drug-likeness (QED) is 0.0386. The minimum Gasteiger partial charge on any atom is -0.494 e. The number of rotatable bonds is 18. The van der Waals surface area contributed by atoms with Gasteiger partial charge in [-0.25, -0.2) is 0 Å². The maximum absolute atomic E-state index is 13.2. The van der Waals surface area contributed by atoms with Gasteiger partial charge in [-0.2, -0.15) is 0 Å². The first-order valence-corrected chi connectivity index (χ1v) is 23.0. The lowest BCUT2D eigenvalue weighted by Gasteiger charge is -2.37. The Kier molecular flexibility index (Phi) is 15.7. The molecule has 5 N–H and O–H groups in total. The van der Waals surface area contributed by atoms with Crippen molar-refractivity contribution >= 4 is 64.0 Å². The molecule has 0 aromatic heterocycles. The highest BCUT2D eigenvalue weighted by atomic mass is 32.2. The van der Waals surface area contributed by atoms with E-state index in [1.54, 1.807) is 0 Å². The van der Waals surface area contributed by atoms with Crippen LogP contribution in [0, 0.1) is 0 Å². The van der Waals surface area contributed by atoms with Crippen molar-refractivity contribution in [2.24, 2.45) is 0 Å². The molecule has 2 saturated heterocycles. The molecule has 0 radical (unpaired) electrons. The molecule has 2 heterocycles. The van der Waals surface area contributed by atoms with E-state index in [2.05, 4.69) is 66.5 Å². The first kappa shape index (κ1) is 43.7. The maximum Gasteiger partial charge on any atom is 0.261 e. The van der Waals surface area contributed by atoms with Crippen molar-refractivity contribution in [1.29, 1.82) is 0 Å². The number of nitrogens with one attached hydrogen (secondary N) is 3. The van der Waals surface area contributed by atoms with E-state index in [1.165, 1.54) is 16.8 Å². The molecular formula is C48H57N7O4S2. The Hall–Kier alpha value is -5.34. The number of carbonyl (C=O) groups excluding carboxylic acids is 2. The number of nitrogens with zero attached hydrogens (tertiary/aromatic N) is 3. The lowest BCUT2D eigenvalue weighted by molar-refractivity contribution is -0.117. The number of hydrogen-bond acceptors (Lipinski definition) is 11. The molecule has 320 valence electrons. The fraction of sp³-hybridized carbons (Fsp3) is 0.333. The first-order chi connectivity index (χ1) is 29.8. The molecular weight excluding hydrogens is 803 g/mol. The SMILES string of the molecule is CCOc1cc(C(C)C(=O)Nc2ccccc2)cc(N2CCN(c3ccc(C(=O)NSc4ccc(N[C@H](CCN5CCOCC5)CSc5ccccc5)c(N)c4)cc3)CC2)c1.